The summed E-state index contributed by atoms with van der Waals surface area (Å²) in [5.41, 5.74) is 1.79. The predicted octanol–water partition coefficient (Wildman–Crippen LogP) is 3.78. The summed E-state index contributed by atoms with van der Waals surface area (Å²) in [5, 5.41) is 3.62. The number of benzene rings is 2. The fourth-order valence-electron chi connectivity index (χ4n) is 1.76. The fourth-order valence-corrected chi connectivity index (χ4v) is 1.98. The predicted molar refractivity (Wildman–Crippen MR) is 74.9 cm³/mol. The summed E-state index contributed by atoms with van der Waals surface area (Å²) in [6.07, 6.45) is 0. The third-order valence-electron chi connectivity index (χ3n) is 2.66. The van der Waals surface area contributed by atoms with E-state index >= 15 is 0 Å². The van der Waals surface area contributed by atoms with E-state index < -0.39 is 0 Å². The van der Waals surface area contributed by atoms with Crippen LogP contribution in [0.1, 0.15) is 11.1 Å². The lowest BCUT2D eigenvalue weighted by Gasteiger charge is -2.09. The van der Waals surface area contributed by atoms with Crippen LogP contribution in [0.3, 0.4) is 0 Å². The van der Waals surface area contributed by atoms with Gasteiger partial charge in [-0.1, -0.05) is 29.8 Å². The van der Waals surface area contributed by atoms with Crippen molar-refractivity contribution in [1.29, 1.82) is 0 Å². The summed E-state index contributed by atoms with van der Waals surface area (Å²) < 4.78 is 19.2. The number of rotatable bonds is 5. The van der Waals surface area contributed by atoms with E-state index in [4.69, 9.17) is 16.3 Å². The summed E-state index contributed by atoms with van der Waals surface area (Å²) in [4.78, 5) is 0. The third kappa shape index (κ3) is 3.94. The van der Waals surface area contributed by atoms with Crippen LogP contribution in [0.5, 0.6) is 5.75 Å². The Morgan fingerprint density at radius 2 is 2.00 bits per heavy atom. The highest BCUT2D eigenvalue weighted by atomic mass is 35.5. The van der Waals surface area contributed by atoms with E-state index in [-0.39, 0.29) is 11.6 Å². The molecule has 0 aliphatic rings. The van der Waals surface area contributed by atoms with Gasteiger partial charge in [-0.15, -0.1) is 0 Å². The molecule has 0 atom stereocenters. The number of hydrogen-bond donors (Lipinski definition) is 1. The van der Waals surface area contributed by atoms with Gasteiger partial charge in [0.2, 0.25) is 0 Å². The summed E-state index contributed by atoms with van der Waals surface area (Å²) in [6.45, 7) is 0.925. The highest BCUT2D eigenvalue weighted by Gasteiger charge is 2.05. The fraction of sp³-hybridized carbons (Fsp3) is 0.200. The quantitative estimate of drug-likeness (QED) is 0.899. The van der Waals surface area contributed by atoms with Crippen molar-refractivity contribution in [2.24, 2.45) is 0 Å². The molecule has 0 saturated carbocycles. The Balaban J connectivity index is 2.03. The Kier molecular flexibility index (Phi) is 4.77. The lowest BCUT2D eigenvalue weighted by Crippen LogP contribution is -2.05. The van der Waals surface area contributed by atoms with Gasteiger partial charge in [-0.05, 0) is 42.4 Å². The zero-order valence-electron chi connectivity index (χ0n) is 10.6. The Labute approximate surface area is 117 Å². The van der Waals surface area contributed by atoms with Gasteiger partial charge >= 0.3 is 0 Å². The minimum Gasteiger partial charge on any atom is -0.486 e. The van der Waals surface area contributed by atoms with Gasteiger partial charge in [0.05, 0.1) is 0 Å². The lowest BCUT2D eigenvalue weighted by molar-refractivity contribution is 0.290. The van der Waals surface area contributed by atoms with Gasteiger partial charge in [0, 0.05) is 11.6 Å². The van der Waals surface area contributed by atoms with Crippen molar-refractivity contribution < 1.29 is 9.13 Å². The molecule has 2 aromatic carbocycles. The van der Waals surface area contributed by atoms with Crippen molar-refractivity contribution in [2.75, 3.05) is 7.05 Å². The summed E-state index contributed by atoms with van der Waals surface area (Å²) in [7, 11) is 1.82. The standard InChI is InChI=1S/C15H15ClFNO/c1-18-9-11-5-6-15(14(17)8-11)19-10-12-3-2-4-13(16)7-12/h2-8,18H,9-10H2,1H3. The van der Waals surface area contributed by atoms with Crippen molar-refractivity contribution in [2.45, 2.75) is 13.2 Å². The van der Waals surface area contributed by atoms with Crippen LogP contribution in [-0.4, -0.2) is 7.05 Å². The molecule has 0 unspecified atom stereocenters. The Morgan fingerprint density at radius 3 is 2.68 bits per heavy atom. The van der Waals surface area contributed by atoms with Crippen LogP contribution in [0.25, 0.3) is 0 Å². The molecular formula is C15H15ClFNO. The average Bonchev–Trinajstić information content (AvgIpc) is 2.38. The van der Waals surface area contributed by atoms with Crippen molar-refractivity contribution in [1.82, 2.24) is 5.32 Å². The molecule has 0 saturated heterocycles. The molecule has 0 aliphatic carbocycles. The lowest BCUT2D eigenvalue weighted by atomic mass is 10.2. The SMILES string of the molecule is CNCc1ccc(OCc2cccc(Cl)c2)c(F)c1. The molecular weight excluding hydrogens is 265 g/mol. The van der Waals surface area contributed by atoms with Crippen LogP contribution < -0.4 is 10.1 Å². The van der Waals surface area contributed by atoms with E-state index in [1.807, 2.05) is 25.2 Å². The van der Waals surface area contributed by atoms with Crippen LogP contribution in [0.15, 0.2) is 42.5 Å². The molecule has 0 aliphatic heterocycles. The maximum atomic E-state index is 13.8. The monoisotopic (exact) mass is 279 g/mol. The Hall–Kier alpha value is -1.58. The van der Waals surface area contributed by atoms with E-state index in [2.05, 4.69) is 5.32 Å². The maximum Gasteiger partial charge on any atom is 0.165 e. The van der Waals surface area contributed by atoms with Crippen LogP contribution in [0.2, 0.25) is 5.02 Å². The molecule has 2 aromatic rings. The van der Waals surface area contributed by atoms with Gasteiger partial charge in [0.25, 0.3) is 0 Å². The molecule has 0 heterocycles. The van der Waals surface area contributed by atoms with Gasteiger partial charge < -0.3 is 10.1 Å². The van der Waals surface area contributed by atoms with E-state index in [0.717, 1.165) is 11.1 Å². The molecule has 0 bridgehead atoms. The van der Waals surface area contributed by atoms with E-state index in [9.17, 15) is 4.39 Å². The van der Waals surface area contributed by atoms with Crippen LogP contribution in [0, 0.1) is 5.82 Å². The normalized spacial score (nSPS) is 10.5. The first-order valence-electron chi connectivity index (χ1n) is 5.99. The summed E-state index contributed by atoms with van der Waals surface area (Å²) in [5.74, 6) is -0.102. The Morgan fingerprint density at radius 1 is 1.16 bits per heavy atom. The van der Waals surface area contributed by atoms with E-state index in [1.165, 1.54) is 6.07 Å². The van der Waals surface area contributed by atoms with Gasteiger partial charge in [-0.3, -0.25) is 0 Å². The molecule has 0 spiro atoms. The minimum absolute atomic E-state index is 0.250. The second-order valence-electron chi connectivity index (χ2n) is 4.21. The van der Waals surface area contributed by atoms with Gasteiger partial charge in [-0.25, -0.2) is 4.39 Å². The summed E-state index contributed by atoms with van der Waals surface area (Å²) >= 11 is 5.88. The number of ether oxygens (including phenoxy) is 1. The summed E-state index contributed by atoms with van der Waals surface area (Å²) in [6, 6.07) is 12.3. The molecule has 4 heteroatoms. The second-order valence-corrected chi connectivity index (χ2v) is 4.65. The second kappa shape index (κ2) is 6.55. The van der Waals surface area contributed by atoms with E-state index in [0.29, 0.717) is 18.2 Å². The van der Waals surface area contributed by atoms with Crippen molar-refractivity contribution >= 4 is 11.6 Å². The molecule has 0 radical (unpaired) electrons. The zero-order chi connectivity index (χ0) is 13.7. The first kappa shape index (κ1) is 13.8. The third-order valence-corrected chi connectivity index (χ3v) is 2.90. The highest BCUT2D eigenvalue weighted by molar-refractivity contribution is 6.30. The van der Waals surface area contributed by atoms with Crippen molar-refractivity contribution in [3.63, 3.8) is 0 Å². The number of halogens is 2. The van der Waals surface area contributed by atoms with Gasteiger partial charge in [0.1, 0.15) is 6.61 Å². The molecule has 0 aromatic heterocycles. The van der Waals surface area contributed by atoms with Crippen LogP contribution in [-0.2, 0) is 13.2 Å². The Bertz CT molecular complexity index is 560. The van der Waals surface area contributed by atoms with Gasteiger partial charge in [0.15, 0.2) is 11.6 Å². The molecule has 0 amide bonds. The van der Waals surface area contributed by atoms with Crippen LogP contribution in [0.4, 0.5) is 4.39 Å². The van der Waals surface area contributed by atoms with Crippen molar-refractivity contribution in [3.05, 3.63) is 64.4 Å². The molecule has 100 valence electrons. The van der Waals surface area contributed by atoms with Crippen LogP contribution >= 0.6 is 11.6 Å². The molecule has 1 N–H and O–H groups in total. The topological polar surface area (TPSA) is 21.3 Å². The zero-order valence-corrected chi connectivity index (χ0v) is 11.4. The molecule has 2 rings (SSSR count). The molecule has 19 heavy (non-hydrogen) atoms. The first-order valence-corrected chi connectivity index (χ1v) is 6.37. The van der Waals surface area contributed by atoms with Crippen molar-refractivity contribution in [3.8, 4) is 5.75 Å². The number of hydrogen-bond acceptors (Lipinski definition) is 2. The molecule has 2 nitrogen and oxygen atoms in total. The highest BCUT2D eigenvalue weighted by Crippen LogP contribution is 2.20. The minimum atomic E-state index is -0.352. The number of nitrogens with one attached hydrogen (secondary N) is 1. The van der Waals surface area contributed by atoms with Gasteiger partial charge in [-0.2, -0.15) is 0 Å². The van der Waals surface area contributed by atoms with E-state index in [1.54, 1.807) is 18.2 Å². The maximum absolute atomic E-state index is 13.8. The largest absolute Gasteiger partial charge is 0.486 e. The average molecular weight is 280 g/mol. The first-order chi connectivity index (χ1) is 9.19. The smallest absolute Gasteiger partial charge is 0.165 e. The molecule has 0 fully saturated rings.